The van der Waals surface area contributed by atoms with E-state index in [9.17, 15) is 9.59 Å². The number of anilines is 1. The van der Waals surface area contributed by atoms with Crippen LogP contribution in [0.5, 0.6) is 0 Å². The van der Waals surface area contributed by atoms with Crippen molar-refractivity contribution in [3.8, 4) is 0 Å². The van der Waals surface area contributed by atoms with Crippen molar-refractivity contribution in [1.82, 2.24) is 10.2 Å². The zero-order valence-corrected chi connectivity index (χ0v) is 14.8. The molecule has 3 amide bonds. The number of benzene rings is 1. The quantitative estimate of drug-likeness (QED) is 0.889. The van der Waals surface area contributed by atoms with Crippen LogP contribution in [0.3, 0.4) is 0 Å². The molecule has 1 atom stereocenters. The van der Waals surface area contributed by atoms with Crippen molar-refractivity contribution in [3.63, 3.8) is 0 Å². The molecule has 136 valence electrons. The maximum Gasteiger partial charge on any atom is 0.317 e. The number of para-hydroxylation sites is 1. The first kappa shape index (κ1) is 17.7. The van der Waals surface area contributed by atoms with Crippen LogP contribution in [0.15, 0.2) is 30.3 Å². The topological polar surface area (TPSA) is 61.9 Å². The summed E-state index contributed by atoms with van der Waals surface area (Å²) in [6, 6.07) is 9.64. The maximum absolute atomic E-state index is 12.3. The van der Waals surface area contributed by atoms with E-state index < -0.39 is 0 Å². The summed E-state index contributed by atoms with van der Waals surface area (Å²) in [5.74, 6) is 0.806. The Morgan fingerprint density at radius 3 is 2.68 bits per heavy atom. The van der Waals surface area contributed by atoms with Gasteiger partial charge in [0.2, 0.25) is 5.91 Å². The van der Waals surface area contributed by atoms with Crippen LogP contribution in [0.4, 0.5) is 10.5 Å². The lowest BCUT2D eigenvalue weighted by atomic mass is 10.00. The fraction of sp³-hybridized carbons (Fsp3) is 0.579. The molecule has 0 aromatic heterocycles. The Balaban J connectivity index is 1.44. The van der Waals surface area contributed by atoms with Gasteiger partial charge in [0.05, 0.1) is 0 Å². The first-order valence-electron chi connectivity index (χ1n) is 9.05. The number of ether oxygens (including phenoxy) is 1. The molecule has 1 aromatic carbocycles. The Kier molecular flexibility index (Phi) is 5.91. The number of urea groups is 1. The summed E-state index contributed by atoms with van der Waals surface area (Å²) in [6.07, 6.45) is 2.51. The van der Waals surface area contributed by atoms with Gasteiger partial charge in [0.25, 0.3) is 0 Å². The number of hydrogen-bond acceptors (Lipinski definition) is 3. The number of nitrogens with one attached hydrogen (secondary N) is 1. The molecule has 3 rings (SSSR count). The fourth-order valence-corrected chi connectivity index (χ4v) is 3.54. The highest BCUT2D eigenvalue weighted by Crippen LogP contribution is 2.24. The molecule has 2 fully saturated rings. The lowest BCUT2D eigenvalue weighted by molar-refractivity contribution is -0.117. The predicted octanol–water partition coefficient (Wildman–Crippen LogP) is 2.11. The zero-order valence-electron chi connectivity index (χ0n) is 14.8. The number of hydrogen-bond donors (Lipinski definition) is 1. The summed E-state index contributed by atoms with van der Waals surface area (Å²) >= 11 is 0. The fourth-order valence-electron chi connectivity index (χ4n) is 3.54. The molecule has 2 heterocycles. The number of carbonyl (C=O) groups is 2. The molecule has 2 aliphatic rings. The van der Waals surface area contributed by atoms with Crippen molar-refractivity contribution >= 4 is 17.6 Å². The highest BCUT2D eigenvalue weighted by Gasteiger charge is 2.31. The molecule has 1 unspecified atom stereocenters. The van der Waals surface area contributed by atoms with E-state index in [1.165, 1.54) is 0 Å². The van der Waals surface area contributed by atoms with Crippen LogP contribution < -0.4 is 10.2 Å². The molecular weight excluding hydrogens is 318 g/mol. The summed E-state index contributed by atoms with van der Waals surface area (Å²) in [5.41, 5.74) is 0.929. The molecule has 0 bridgehead atoms. The van der Waals surface area contributed by atoms with E-state index in [0.717, 1.165) is 38.3 Å². The van der Waals surface area contributed by atoms with Crippen molar-refractivity contribution in [2.75, 3.05) is 44.8 Å². The normalized spacial score (nSPS) is 21.4. The number of amides is 3. The van der Waals surface area contributed by atoms with Gasteiger partial charge in [-0.1, -0.05) is 18.2 Å². The number of carbonyl (C=O) groups excluding carboxylic acids is 2. The largest absolute Gasteiger partial charge is 0.381 e. The van der Waals surface area contributed by atoms with Gasteiger partial charge in [-0.15, -0.1) is 0 Å². The van der Waals surface area contributed by atoms with Crippen molar-refractivity contribution < 1.29 is 14.3 Å². The third-order valence-electron chi connectivity index (χ3n) is 5.03. The van der Waals surface area contributed by atoms with E-state index in [0.29, 0.717) is 25.4 Å². The van der Waals surface area contributed by atoms with Gasteiger partial charge < -0.3 is 19.9 Å². The second-order valence-electron chi connectivity index (χ2n) is 7.03. The van der Waals surface area contributed by atoms with E-state index in [-0.39, 0.29) is 17.9 Å². The van der Waals surface area contributed by atoms with Crippen molar-refractivity contribution in [2.24, 2.45) is 11.8 Å². The summed E-state index contributed by atoms with van der Waals surface area (Å²) in [7, 11) is 1.83. The average Bonchev–Trinajstić information content (AvgIpc) is 3.02. The van der Waals surface area contributed by atoms with Crippen LogP contribution in [-0.2, 0) is 9.53 Å². The van der Waals surface area contributed by atoms with Gasteiger partial charge in [-0.05, 0) is 30.9 Å². The molecule has 0 spiro atoms. The summed E-state index contributed by atoms with van der Waals surface area (Å²) in [5, 5.41) is 2.98. The molecule has 0 radical (unpaired) electrons. The first-order valence-corrected chi connectivity index (χ1v) is 9.05. The minimum atomic E-state index is -0.0582. The Hall–Kier alpha value is -2.08. The Bertz CT molecular complexity index is 587. The summed E-state index contributed by atoms with van der Waals surface area (Å²) in [4.78, 5) is 28.1. The third-order valence-corrected chi connectivity index (χ3v) is 5.03. The smallest absolute Gasteiger partial charge is 0.317 e. The number of rotatable bonds is 5. The summed E-state index contributed by atoms with van der Waals surface area (Å²) < 4.78 is 5.36. The molecule has 0 saturated carbocycles. The van der Waals surface area contributed by atoms with E-state index in [2.05, 4.69) is 5.32 Å². The standard InChI is InChI=1S/C19H27N3O3/c1-21(13-15-7-9-25-10-8-15)19(24)20-12-16-11-18(23)22(14-16)17-5-3-2-4-6-17/h2-6,15-16H,7-14H2,1H3,(H,20,24). The van der Waals surface area contributed by atoms with Crippen LogP contribution >= 0.6 is 0 Å². The molecule has 0 aliphatic carbocycles. The Morgan fingerprint density at radius 2 is 1.96 bits per heavy atom. The maximum atomic E-state index is 12.3. The van der Waals surface area contributed by atoms with Gasteiger partial charge in [-0.2, -0.15) is 0 Å². The van der Waals surface area contributed by atoms with Gasteiger partial charge in [-0.3, -0.25) is 4.79 Å². The van der Waals surface area contributed by atoms with Gasteiger partial charge in [0.1, 0.15) is 0 Å². The van der Waals surface area contributed by atoms with Crippen LogP contribution in [0.2, 0.25) is 0 Å². The highest BCUT2D eigenvalue weighted by atomic mass is 16.5. The second kappa shape index (κ2) is 8.34. The summed E-state index contributed by atoms with van der Waals surface area (Å²) in [6.45, 7) is 3.53. The first-order chi connectivity index (χ1) is 12.1. The molecule has 25 heavy (non-hydrogen) atoms. The van der Waals surface area contributed by atoms with E-state index in [1.807, 2.05) is 42.3 Å². The minimum absolute atomic E-state index is 0.0582. The van der Waals surface area contributed by atoms with Crippen LogP contribution in [0.1, 0.15) is 19.3 Å². The lowest BCUT2D eigenvalue weighted by Gasteiger charge is -2.27. The monoisotopic (exact) mass is 345 g/mol. The predicted molar refractivity (Wildman–Crippen MR) is 96.5 cm³/mol. The van der Waals surface area contributed by atoms with Gasteiger partial charge in [-0.25, -0.2) is 4.79 Å². The van der Waals surface area contributed by atoms with Gasteiger partial charge >= 0.3 is 6.03 Å². The molecular formula is C19H27N3O3. The Morgan fingerprint density at radius 1 is 1.24 bits per heavy atom. The average molecular weight is 345 g/mol. The van der Waals surface area contributed by atoms with Crippen LogP contribution in [-0.4, -0.2) is 56.7 Å². The third kappa shape index (κ3) is 4.72. The van der Waals surface area contributed by atoms with Crippen molar-refractivity contribution in [2.45, 2.75) is 19.3 Å². The molecule has 2 aliphatic heterocycles. The van der Waals surface area contributed by atoms with Crippen LogP contribution in [0, 0.1) is 11.8 Å². The lowest BCUT2D eigenvalue weighted by Crippen LogP contribution is -2.42. The van der Waals surface area contributed by atoms with E-state index >= 15 is 0 Å². The van der Waals surface area contributed by atoms with E-state index in [4.69, 9.17) is 4.74 Å². The zero-order chi connectivity index (χ0) is 17.6. The molecule has 1 aromatic rings. The second-order valence-corrected chi connectivity index (χ2v) is 7.03. The number of nitrogens with zero attached hydrogens (tertiary/aromatic N) is 2. The molecule has 2 saturated heterocycles. The Labute approximate surface area is 149 Å². The van der Waals surface area contributed by atoms with Crippen molar-refractivity contribution in [1.29, 1.82) is 0 Å². The van der Waals surface area contributed by atoms with Crippen LogP contribution in [0.25, 0.3) is 0 Å². The highest BCUT2D eigenvalue weighted by molar-refractivity contribution is 5.95. The molecule has 6 nitrogen and oxygen atoms in total. The molecule has 6 heteroatoms. The molecule has 1 N–H and O–H groups in total. The SMILES string of the molecule is CN(CC1CCOCC1)C(=O)NCC1CC(=O)N(c2ccccc2)C1. The van der Waals surface area contributed by atoms with Gasteiger partial charge in [0.15, 0.2) is 0 Å². The van der Waals surface area contributed by atoms with Gasteiger partial charge in [0, 0.05) is 57.9 Å². The minimum Gasteiger partial charge on any atom is -0.381 e. The van der Waals surface area contributed by atoms with E-state index in [1.54, 1.807) is 4.90 Å². The van der Waals surface area contributed by atoms with Crippen molar-refractivity contribution in [3.05, 3.63) is 30.3 Å².